The Labute approximate surface area is 129 Å². The average molecular weight is 339 g/mol. The van der Waals surface area contributed by atoms with Crippen LogP contribution in [0.3, 0.4) is 0 Å². The molecule has 0 radical (unpaired) electrons. The quantitative estimate of drug-likeness (QED) is 0.834. The number of halogens is 2. The Bertz CT molecular complexity index is 493. The summed E-state index contributed by atoms with van der Waals surface area (Å²) in [5, 5.41) is 2.72. The third kappa shape index (κ3) is 4.28. The maximum Gasteiger partial charge on any atom is 0.317 e. The van der Waals surface area contributed by atoms with Gasteiger partial charge in [-0.3, -0.25) is 0 Å². The van der Waals surface area contributed by atoms with Gasteiger partial charge in [-0.25, -0.2) is 26.3 Å². The Balaban J connectivity index is 1.76. The van der Waals surface area contributed by atoms with Gasteiger partial charge >= 0.3 is 6.03 Å². The number of carbonyl (C=O) groups is 1. The number of likely N-dealkylation sites (tertiary alicyclic amines) is 1. The van der Waals surface area contributed by atoms with Crippen LogP contribution in [0.25, 0.3) is 0 Å². The van der Waals surface area contributed by atoms with Crippen LogP contribution in [-0.2, 0) is 10.0 Å². The Kier molecular flexibility index (Phi) is 5.60. The van der Waals surface area contributed by atoms with Crippen molar-refractivity contribution < 1.29 is 22.0 Å². The number of nitrogens with zero attached hydrogens (tertiary/aromatic N) is 2. The molecule has 22 heavy (non-hydrogen) atoms. The van der Waals surface area contributed by atoms with E-state index in [1.54, 1.807) is 0 Å². The van der Waals surface area contributed by atoms with Crippen LogP contribution >= 0.6 is 0 Å². The van der Waals surface area contributed by atoms with E-state index < -0.39 is 28.5 Å². The number of carbonyl (C=O) groups excluding carboxylic acids is 1. The lowest BCUT2D eigenvalue weighted by molar-refractivity contribution is 0.0603. The normalized spacial score (nSPS) is 24.9. The number of rotatable bonds is 4. The van der Waals surface area contributed by atoms with Gasteiger partial charge in [0.1, 0.15) is 0 Å². The molecule has 0 aromatic carbocycles. The second-order valence-electron chi connectivity index (χ2n) is 6.03. The van der Waals surface area contributed by atoms with Gasteiger partial charge in [-0.1, -0.05) is 0 Å². The predicted molar refractivity (Wildman–Crippen MR) is 78.3 cm³/mol. The standard InChI is InChI=1S/C13H23F2N3O3S/c1-22(20,21)17-7-4-10(5-8-17)9-16-13(19)18-6-2-3-11(18)12(14)15/h10-12H,2-9H2,1H3,(H,16,19)/t11-/m0/s1. The SMILES string of the molecule is CS(=O)(=O)N1CCC(CNC(=O)N2CCC[C@H]2C(F)F)CC1. The number of alkyl halides is 2. The molecule has 0 aliphatic carbocycles. The fourth-order valence-corrected chi connectivity index (χ4v) is 3.96. The number of urea groups is 1. The molecular weight excluding hydrogens is 316 g/mol. The summed E-state index contributed by atoms with van der Waals surface area (Å²) in [7, 11) is -3.16. The van der Waals surface area contributed by atoms with Crippen LogP contribution in [0, 0.1) is 5.92 Å². The van der Waals surface area contributed by atoms with Crippen LogP contribution in [0.4, 0.5) is 13.6 Å². The molecule has 2 fully saturated rings. The highest BCUT2D eigenvalue weighted by atomic mass is 32.2. The molecule has 0 aromatic heterocycles. The molecule has 2 rings (SSSR count). The van der Waals surface area contributed by atoms with Crippen molar-refractivity contribution in [2.75, 3.05) is 32.4 Å². The molecule has 0 spiro atoms. The average Bonchev–Trinajstić information content (AvgIpc) is 2.94. The first-order valence-corrected chi connectivity index (χ1v) is 9.41. The van der Waals surface area contributed by atoms with Gasteiger partial charge in [0.25, 0.3) is 6.43 Å². The van der Waals surface area contributed by atoms with Crippen LogP contribution in [0.15, 0.2) is 0 Å². The van der Waals surface area contributed by atoms with Crippen molar-refractivity contribution in [3.05, 3.63) is 0 Å². The molecule has 1 atom stereocenters. The van der Waals surface area contributed by atoms with Crippen molar-refractivity contribution >= 4 is 16.1 Å². The van der Waals surface area contributed by atoms with Crippen LogP contribution in [0.5, 0.6) is 0 Å². The van der Waals surface area contributed by atoms with Gasteiger partial charge in [-0.05, 0) is 31.6 Å². The number of hydrogen-bond acceptors (Lipinski definition) is 3. The van der Waals surface area contributed by atoms with Crippen molar-refractivity contribution in [1.29, 1.82) is 0 Å². The molecule has 2 aliphatic rings. The van der Waals surface area contributed by atoms with E-state index in [2.05, 4.69) is 5.32 Å². The van der Waals surface area contributed by atoms with Crippen molar-refractivity contribution in [1.82, 2.24) is 14.5 Å². The van der Waals surface area contributed by atoms with E-state index in [-0.39, 0.29) is 5.92 Å². The van der Waals surface area contributed by atoms with E-state index in [0.29, 0.717) is 51.9 Å². The minimum Gasteiger partial charge on any atom is -0.338 e. The summed E-state index contributed by atoms with van der Waals surface area (Å²) in [4.78, 5) is 13.2. The number of amides is 2. The molecule has 0 aromatic rings. The molecule has 2 saturated heterocycles. The molecule has 6 nitrogen and oxygen atoms in total. The minimum absolute atomic E-state index is 0.189. The lowest BCUT2D eigenvalue weighted by Gasteiger charge is -2.31. The summed E-state index contributed by atoms with van der Waals surface area (Å²) in [6.07, 6.45) is 0.975. The van der Waals surface area contributed by atoms with Crippen LogP contribution in [0.1, 0.15) is 25.7 Å². The van der Waals surface area contributed by atoms with E-state index in [0.717, 1.165) is 0 Å². The van der Waals surface area contributed by atoms with E-state index in [1.165, 1.54) is 15.5 Å². The molecule has 1 N–H and O–H groups in total. The summed E-state index contributed by atoms with van der Waals surface area (Å²) in [5.74, 6) is 0.189. The van der Waals surface area contributed by atoms with Gasteiger partial charge in [0.15, 0.2) is 0 Å². The maximum atomic E-state index is 12.8. The first-order chi connectivity index (χ1) is 10.3. The molecular formula is C13H23F2N3O3S. The van der Waals surface area contributed by atoms with Gasteiger partial charge in [-0.2, -0.15) is 0 Å². The molecule has 9 heteroatoms. The summed E-state index contributed by atoms with van der Waals surface area (Å²) in [6.45, 7) is 1.67. The molecule has 0 saturated carbocycles. The minimum atomic E-state index is -3.16. The Morgan fingerprint density at radius 2 is 1.86 bits per heavy atom. The first-order valence-electron chi connectivity index (χ1n) is 7.57. The van der Waals surface area contributed by atoms with Gasteiger partial charge in [0.05, 0.1) is 12.3 Å². The topological polar surface area (TPSA) is 69.7 Å². The van der Waals surface area contributed by atoms with Crippen molar-refractivity contribution in [3.8, 4) is 0 Å². The van der Waals surface area contributed by atoms with Gasteiger partial charge in [0, 0.05) is 26.2 Å². The molecule has 128 valence electrons. The molecule has 0 unspecified atom stereocenters. The van der Waals surface area contributed by atoms with Gasteiger partial charge in [0.2, 0.25) is 10.0 Å². The van der Waals surface area contributed by atoms with E-state index in [4.69, 9.17) is 0 Å². The lowest BCUT2D eigenvalue weighted by atomic mass is 9.98. The van der Waals surface area contributed by atoms with Crippen molar-refractivity contribution in [2.45, 2.75) is 38.2 Å². The maximum absolute atomic E-state index is 12.8. The first kappa shape index (κ1) is 17.4. The third-order valence-corrected chi connectivity index (χ3v) is 5.74. The Morgan fingerprint density at radius 1 is 1.23 bits per heavy atom. The monoisotopic (exact) mass is 339 g/mol. The van der Waals surface area contributed by atoms with Crippen LogP contribution in [-0.4, -0.2) is 68.6 Å². The largest absolute Gasteiger partial charge is 0.338 e. The van der Waals surface area contributed by atoms with Crippen LogP contribution < -0.4 is 5.32 Å². The van der Waals surface area contributed by atoms with E-state index >= 15 is 0 Å². The second kappa shape index (κ2) is 7.08. The number of piperidine rings is 1. The fraction of sp³-hybridized carbons (Fsp3) is 0.923. The number of sulfonamides is 1. The van der Waals surface area contributed by atoms with Crippen LogP contribution in [0.2, 0.25) is 0 Å². The number of nitrogens with one attached hydrogen (secondary N) is 1. The lowest BCUT2D eigenvalue weighted by Crippen LogP contribution is -2.48. The Hall–Kier alpha value is -0.960. The highest BCUT2D eigenvalue weighted by Gasteiger charge is 2.35. The Morgan fingerprint density at radius 3 is 2.41 bits per heavy atom. The van der Waals surface area contributed by atoms with E-state index in [9.17, 15) is 22.0 Å². The second-order valence-corrected chi connectivity index (χ2v) is 8.01. The zero-order valence-electron chi connectivity index (χ0n) is 12.7. The van der Waals surface area contributed by atoms with Gasteiger partial charge < -0.3 is 10.2 Å². The zero-order valence-corrected chi connectivity index (χ0v) is 13.5. The van der Waals surface area contributed by atoms with Gasteiger partial charge in [-0.15, -0.1) is 0 Å². The van der Waals surface area contributed by atoms with Crippen molar-refractivity contribution in [3.63, 3.8) is 0 Å². The predicted octanol–water partition coefficient (Wildman–Crippen LogP) is 1.10. The molecule has 2 amide bonds. The zero-order chi connectivity index (χ0) is 16.3. The summed E-state index contributed by atoms with van der Waals surface area (Å²) < 4.78 is 49.9. The third-order valence-electron chi connectivity index (χ3n) is 4.44. The molecule has 0 bridgehead atoms. The highest BCUT2D eigenvalue weighted by Crippen LogP contribution is 2.23. The van der Waals surface area contributed by atoms with E-state index in [1.807, 2.05) is 0 Å². The summed E-state index contributed by atoms with van der Waals surface area (Å²) in [5.41, 5.74) is 0. The number of hydrogen-bond donors (Lipinski definition) is 1. The molecule has 2 heterocycles. The fourth-order valence-electron chi connectivity index (χ4n) is 3.08. The highest BCUT2D eigenvalue weighted by molar-refractivity contribution is 7.88. The summed E-state index contributed by atoms with van der Waals surface area (Å²) >= 11 is 0. The summed E-state index contributed by atoms with van der Waals surface area (Å²) in [6, 6.07) is -1.42. The van der Waals surface area contributed by atoms with Crippen molar-refractivity contribution in [2.24, 2.45) is 5.92 Å². The molecule has 2 aliphatic heterocycles. The smallest absolute Gasteiger partial charge is 0.317 e.